The number of thiophene rings is 1. The van der Waals surface area contributed by atoms with Crippen molar-refractivity contribution in [2.45, 2.75) is 44.2 Å². The van der Waals surface area contributed by atoms with Crippen molar-refractivity contribution in [2.24, 2.45) is 0 Å². The highest BCUT2D eigenvalue weighted by atomic mass is 32.2. The number of benzene rings is 1. The molecule has 9 nitrogen and oxygen atoms in total. The van der Waals surface area contributed by atoms with Crippen LogP contribution in [0.4, 0.5) is 5.69 Å². The molecule has 0 bridgehead atoms. The third kappa shape index (κ3) is 6.27. The Morgan fingerprint density at radius 3 is 2.85 bits per heavy atom. The molecule has 1 unspecified atom stereocenters. The Morgan fingerprint density at radius 2 is 2.08 bits per heavy atom. The summed E-state index contributed by atoms with van der Waals surface area (Å²) in [5.74, 6) is 0.596. The molecule has 4 aromatic rings. The molecule has 5 rings (SSSR count). The lowest BCUT2D eigenvalue weighted by molar-refractivity contribution is -0.119. The summed E-state index contributed by atoms with van der Waals surface area (Å²) in [4.78, 5) is 23.5. The van der Waals surface area contributed by atoms with Gasteiger partial charge in [0.2, 0.25) is 15.9 Å². The predicted molar refractivity (Wildman–Crippen MR) is 157 cm³/mol. The Kier molecular flexibility index (Phi) is 8.63. The molecule has 0 spiro atoms. The largest absolute Gasteiger partial charge is 0.488 e. The maximum Gasteiger partial charge on any atom is 0.243 e. The van der Waals surface area contributed by atoms with Gasteiger partial charge in [-0.2, -0.15) is 4.31 Å². The van der Waals surface area contributed by atoms with Crippen LogP contribution in [0.25, 0.3) is 10.8 Å². The van der Waals surface area contributed by atoms with E-state index in [1.54, 1.807) is 46.4 Å². The van der Waals surface area contributed by atoms with E-state index in [-0.39, 0.29) is 12.0 Å². The number of fused-ring (bicyclic) bond motifs is 1. The average molecular weight is 580 g/mol. The standard InChI is InChI=1S/C29H33N5O4S2/c1-3-34(15-11-25-5-4-16-39-25)40(36,37)29-7-6-28(27-19-30-12-9-26(27)29)33-14-10-24(20-33)38-23-8-13-31-22(17-23)18-32-21(2)35/h4-9,12-13,16-17,19,24H,3,10-11,14-15,18,20H2,1-2H3,(H,32,35). The minimum Gasteiger partial charge on any atom is -0.488 e. The fraction of sp³-hybridized carbons (Fsp3) is 0.345. The van der Waals surface area contributed by atoms with Crippen LogP contribution in [0.3, 0.4) is 0 Å². The topological polar surface area (TPSA) is 105 Å². The summed E-state index contributed by atoms with van der Waals surface area (Å²) in [5, 5.41) is 6.24. The molecule has 4 heterocycles. The zero-order valence-corrected chi connectivity index (χ0v) is 24.2. The zero-order valence-electron chi connectivity index (χ0n) is 22.6. The number of ether oxygens (including phenoxy) is 1. The molecule has 210 valence electrons. The van der Waals surface area contributed by atoms with Crippen molar-refractivity contribution in [3.8, 4) is 5.75 Å². The molecule has 1 aliphatic rings. The molecule has 40 heavy (non-hydrogen) atoms. The second-order valence-electron chi connectivity index (χ2n) is 9.70. The summed E-state index contributed by atoms with van der Waals surface area (Å²) in [5.41, 5.74) is 1.67. The third-order valence-corrected chi connectivity index (χ3v) is 9.98. The van der Waals surface area contributed by atoms with E-state index in [9.17, 15) is 13.2 Å². The Bertz CT molecular complexity index is 1580. The van der Waals surface area contributed by atoms with Gasteiger partial charge < -0.3 is 15.0 Å². The molecule has 11 heteroatoms. The minimum atomic E-state index is -3.70. The normalized spacial score (nSPS) is 15.6. The molecular weight excluding hydrogens is 546 g/mol. The summed E-state index contributed by atoms with van der Waals surface area (Å²) in [6, 6.07) is 13.1. The van der Waals surface area contributed by atoms with E-state index in [0.717, 1.165) is 29.7 Å². The number of aromatic nitrogens is 2. The Morgan fingerprint density at radius 1 is 1.20 bits per heavy atom. The van der Waals surface area contributed by atoms with Gasteiger partial charge in [-0.1, -0.05) is 13.0 Å². The molecule has 1 fully saturated rings. The van der Waals surface area contributed by atoms with Gasteiger partial charge >= 0.3 is 0 Å². The van der Waals surface area contributed by atoms with E-state index in [4.69, 9.17) is 4.74 Å². The quantitative estimate of drug-likeness (QED) is 0.283. The smallest absolute Gasteiger partial charge is 0.243 e. The third-order valence-electron chi connectivity index (χ3n) is 7.01. The van der Waals surface area contributed by atoms with E-state index in [1.807, 2.05) is 42.6 Å². The van der Waals surface area contributed by atoms with Crippen molar-refractivity contribution < 1.29 is 17.9 Å². The molecule has 0 radical (unpaired) electrons. The van der Waals surface area contributed by atoms with Crippen molar-refractivity contribution in [3.63, 3.8) is 0 Å². The first kappa shape index (κ1) is 28.0. The Hall–Kier alpha value is -3.54. The number of carbonyl (C=O) groups excluding carboxylic acids is 1. The van der Waals surface area contributed by atoms with Crippen LogP contribution in [0.1, 0.15) is 30.8 Å². The average Bonchev–Trinajstić information content (AvgIpc) is 3.64. The highest BCUT2D eigenvalue weighted by molar-refractivity contribution is 7.89. The van der Waals surface area contributed by atoms with E-state index < -0.39 is 10.0 Å². The number of amides is 1. The van der Waals surface area contributed by atoms with Crippen LogP contribution in [0, 0.1) is 0 Å². The predicted octanol–water partition coefficient (Wildman–Crippen LogP) is 4.24. The first-order valence-electron chi connectivity index (χ1n) is 13.4. The molecule has 1 aromatic carbocycles. The van der Waals surface area contributed by atoms with Crippen molar-refractivity contribution in [2.75, 3.05) is 31.1 Å². The van der Waals surface area contributed by atoms with Gasteiger partial charge in [0.25, 0.3) is 0 Å². The minimum absolute atomic E-state index is 0.0426. The van der Waals surface area contributed by atoms with Gasteiger partial charge in [0, 0.05) is 79.0 Å². The number of pyridine rings is 2. The number of carbonyl (C=O) groups is 1. The summed E-state index contributed by atoms with van der Waals surface area (Å²) >= 11 is 1.64. The summed E-state index contributed by atoms with van der Waals surface area (Å²) in [7, 11) is -3.70. The number of hydrogen-bond acceptors (Lipinski definition) is 8. The Labute approximate surface area is 238 Å². The van der Waals surface area contributed by atoms with E-state index in [2.05, 4.69) is 20.2 Å². The van der Waals surface area contributed by atoms with Crippen molar-refractivity contribution in [1.82, 2.24) is 19.6 Å². The number of hydrogen-bond donors (Lipinski definition) is 1. The second-order valence-corrected chi connectivity index (χ2v) is 12.6. The fourth-order valence-corrected chi connectivity index (χ4v) is 7.35. The van der Waals surface area contributed by atoms with Gasteiger partial charge in [-0.05, 0) is 42.1 Å². The van der Waals surface area contributed by atoms with Crippen molar-refractivity contribution in [1.29, 1.82) is 0 Å². The SMILES string of the molecule is CCN(CCc1cccs1)S(=O)(=O)c1ccc(N2CCC(Oc3ccnc(CNC(C)=O)c3)C2)c2cnccc12. The van der Waals surface area contributed by atoms with E-state index >= 15 is 0 Å². The summed E-state index contributed by atoms with van der Waals surface area (Å²) < 4.78 is 35.4. The summed E-state index contributed by atoms with van der Waals surface area (Å²) in [6.07, 6.45) is 6.53. The lowest BCUT2D eigenvalue weighted by atomic mass is 10.1. The van der Waals surface area contributed by atoms with E-state index in [1.165, 1.54) is 11.8 Å². The van der Waals surface area contributed by atoms with Gasteiger partial charge in [-0.15, -0.1) is 11.3 Å². The van der Waals surface area contributed by atoms with Gasteiger partial charge in [0.15, 0.2) is 0 Å². The van der Waals surface area contributed by atoms with Crippen LogP contribution >= 0.6 is 11.3 Å². The fourth-order valence-electron chi connectivity index (χ4n) is 5.00. The lowest BCUT2D eigenvalue weighted by Gasteiger charge is -2.24. The zero-order chi connectivity index (χ0) is 28.1. The van der Waals surface area contributed by atoms with Gasteiger partial charge in [0.1, 0.15) is 11.9 Å². The molecule has 0 saturated carbocycles. The second kappa shape index (κ2) is 12.3. The number of likely N-dealkylation sites (N-methyl/N-ethyl adjacent to an activating group) is 1. The number of anilines is 1. The van der Waals surface area contributed by atoms with Crippen LogP contribution in [0.2, 0.25) is 0 Å². The Balaban J connectivity index is 1.34. The maximum absolute atomic E-state index is 13.8. The summed E-state index contributed by atoms with van der Waals surface area (Å²) in [6.45, 7) is 5.95. The highest BCUT2D eigenvalue weighted by Crippen LogP contribution is 2.35. The van der Waals surface area contributed by atoms with Crippen molar-refractivity contribution in [3.05, 3.63) is 77.0 Å². The maximum atomic E-state index is 13.8. The molecule has 0 aliphatic carbocycles. The highest BCUT2D eigenvalue weighted by Gasteiger charge is 2.29. The number of nitrogens with zero attached hydrogens (tertiary/aromatic N) is 4. The first-order valence-corrected chi connectivity index (χ1v) is 15.7. The first-order chi connectivity index (χ1) is 19.3. The molecule has 1 aliphatic heterocycles. The van der Waals surface area contributed by atoms with Gasteiger partial charge in [-0.25, -0.2) is 8.42 Å². The van der Waals surface area contributed by atoms with Crippen LogP contribution in [0.5, 0.6) is 5.75 Å². The van der Waals surface area contributed by atoms with Gasteiger partial charge in [-0.3, -0.25) is 14.8 Å². The van der Waals surface area contributed by atoms with Crippen LogP contribution < -0.4 is 15.0 Å². The molecule has 1 N–H and O–H groups in total. The lowest BCUT2D eigenvalue weighted by Crippen LogP contribution is -2.33. The molecule has 3 aromatic heterocycles. The van der Waals surface area contributed by atoms with Gasteiger partial charge in [0.05, 0.1) is 23.7 Å². The number of rotatable bonds is 11. The molecule has 1 atom stereocenters. The van der Waals surface area contributed by atoms with Crippen molar-refractivity contribution >= 4 is 43.7 Å². The number of nitrogens with one attached hydrogen (secondary N) is 1. The van der Waals surface area contributed by atoms with Crippen LogP contribution in [0.15, 0.2) is 71.3 Å². The molecule has 1 amide bonds. The van der Waals surface area contributed by atoms with E-state index in [0.29, 0.717) is 48.6 Å². The van der Waals surface area contributed by atoms with Crippen LogP contribution in [-0.4, -0.2) is 60.9 Å². The molecule has 1 saturated heterocycles. The molecular formula is C29H33N5O4S2. The monoisotopic (exact) mass is 579 g/mol. The van der Waals surface area contributed by atoms with Crippen LogP contribution in [-0.2, 0) is 27.8 Å². The number of sulfonamides is 1.